The molecular weight excluding hydrogens is 354 g/mol. The Bertz CT molecular complexity index is 917. The third kappa shape index (κ3) is 2.87. The highest BCUT2D eigenvalue weighted by atomic mass is 16.6. The van der Waals surface area contributed by atoms with Crippen molar-refractivity contribution in [3.05, 3.63) is 52.8 Å². The summed E-state index contributed by atoms with van der Waals surface area (Å²) in [6.07, 6.45) is 3.60. The summed E-state index contributed by atoms with van der Waals surface area (Å²) in [5.74, 6) is -0.196. The molecule has 1 aliphatic carbocycles. The fourth-order valence-electron chi connectivity index (χ4n) is 4.27. The number of nitrogens with zero attached hydrogens (tertiary/aromatic N) is 1. The second kappa shape index (κ2) is 6.40. The number of carbonyl (C=O) groups excluding carboxylic acids is 2. The summed E-state index contributed by atoms with van der Waals surface area (Å²) in [6.45, 7) is 5.43. The first-order valence-electron chi connectivity index (χ1n) is 9.82. The van der Waals surface area contributed by atoms with E-state index in [9.17, 15) is 9.59 Å². The summed E-state index contributed by atoms with van der Waals surface area (Å²) >= 11 is 0. The van der Waals surface area contributed by atoms with Gasteiger partial charge in [0.25, 0.3) is 5.91 Å². The van der Waals surface area contributed by atoms with Crippen LogP contribution in [0.15, 0.2) is 30.3 Å². The molecule has 2 amide bonds. The quantitative estimate of drug-likeness (QED) is 0.834. The molecule has 0 saturated carbocycles. The van der Waals surface area contributed by atoms with Gasteiger partial charge in [-0.2, -0.15) is 0 Å². The van der Waals surface area contributed by atoms with Gasteiger partial charge in [-0.25, -0.2) is 4.79 Å². The molecule has 2 heterocycles. The summed E-state index contributed by atoms with van der Waals surface area (Å²) in [5, 5.41) is 2.93. The molecule has 0 unspecified atom stereocenters. The van der Waals surface area contributed by atoms with E-state index in [0.717, 1.165) is 42.6 Å². The van der Waals surface area contributed by atoms with E-state index in [-0.39, 0.29) is 5.91 Å². The van der Waals surface area contributed by atoms with E-state index in [2.05, 4.69) is 10.3 Å². The zero-order chi connectivity index (χ0) is 20.1. The number of carbonyl (C=O) groups is 2. The number of benzene rings is 1. The van der Waals surface area contributed by atoms with Gasteiger partial charge in [-0.3, -0.25) is 10.1 Å². The number of rotatable bonds is 2. The molecule has 0 radical (unpaired) electrons. The van der Waals surface area contributed by atoms with Crippen molar-refractivity contribution in [1.82, 2.24) is 10.3 Å². The van der Waals surface area contributed by atoms with E-state index in [0.29, 0.717) is 5.69 Å². The number of nitrogens with one attached hydrogen (secondary N) is 2. The topological polar surface area (TPSA) is 74.4 Å². The van der Waals surface area contributed by atoms with Gasteiger partial charge in [-0.15, -0.1) is 0 Å². The van der Waals surface area contributed by atoms with Crippen LogP contribution < -0.4 is 10.2 Å². The average molecular weight is 381 g/mol. The first kappa shape index (κ1) is 18.6. The number of ether oxygens (including phenoxy) is 1. The van der Waals surface area contributed by atoms with Crippen molar-refractivity contribution in [1.29, 1.82) is 0 Å². The van der Waals surface area contributed by atoms with Crippen molar-refractivity contribution in [2.75, 3.05) is 11.9 Å². The van der Waals surface area contributed by atoms with Crippen LogP contribution in [0.2, 0.25) is 0 Å². The molecule has 0 spiro atoms. The normalized spacial score (nSPS) is 21.3. The number of aromatic nitrogens is 1. The second-order valence-corrected chi connectivity index (χ2v) is 8.65. The van der Waals surface area contributed by atoms with Crippen molar-refractivity contribution >= 4 is 17.7 Å². The number of aryl methyl sites for hydroxylation is 2. The number of hydrogen-bond donors (Lipinski definition) is 2. The Kier molecular flexibility index (Phi) is 4.25. The lowest BCUT2D eigenvalue weighted by Crippen LogP contribution is -2.54. The summed E-state index contributed by atoms with van der Waals surface area (Å²) in [4.78, 5) is 31.4. The van der Waals surface area contributed by atoms with E-state index in [1.165, 1.54) is 5.56 Å². The van der Waals surface area contributed by atoms with Crippen molar-refractivity contribution in [3.63, 3.8) is 0 Å². The van der Waals surface area contributed by atoms with E-state index < -0.39 is 17.2 Å². The van der Waals surface area contributed by atoms with Crippen molar-refractivity contribution in [3.8, 4) is 0 Å². The maximum Gasteiger partial charge on any atom is 0.409 e. The molecule has 148 valence electrons. The van der Waals surface area contributed by atoms with Crippen molar-refractivity contribution in [2.24, 2.45) is 0 Å². The maximum absolute atomic E-state index is 13.5. The van der Waals surface area contributed by atoms with Gasteiger partial charge in [0, 0.05) is 24.0 Å². The molecule has 6 heteroatoms. The largest absolute Gasteiger partial charge is 0.444 e. The second-order valence-electron chi connectivity index (χ2n) is 8.65. The Labute approximate surface area is 165 Å². The Balaban J connectivity index is 1.86. The lowest BCUT2D eigenvalue weighted by Gasteiger charge is -2.30. The van der Waals surface area contributed by atoms with Crippen LogP contribution in [0.3, 0.4) is 0 Å². The summed E-state index contributed by atoms with van der Waals surface area (Å²) < 4.78 is 5.51. The minimum atomic E-state index is -1.31. The van der Waals surface area contributed by atoms with Gasteiger partial charge in [-0.1, -0.05) is 18.2 Å². The number of alkyl carbamates (subject to hydrolysis) is 1. The molecule has 2 N–H and O–H groups in total. The number of aromatic amines is 1. The first-order valence-corrected chi connectivity index (χ1v) is 9.82. The van der Waals surface area contributed by atoms with E-state index in [1.54, 1.807) is 11.9 Å². The van der Waals surface area contributed by atoms with E-state index >= 15 is 0 Å². The van der Waals surface area contributed by atoms with Crippen LogP contribution in [-0.4, -0.2) is 29.6 Å². The molecule has 1 atom stereocenters. The average Bonchev–Trinajstić information content (AvgIpc) is 3.15. The van der Waals surface area contributed by atoms with Gasteiger partial charge in [0.15, 0.2) is 5.54 Å². The maximum atomic E-state index is 13.5. The Morgan fingerprint density at radius 3 is 2.64 bits per heavy atom. The molecule has 2 aliphatic rings. The lowest BCUT2D eigenvalue weighted by atomic mass is 9.87. The van der Waals surface area contributed by atoms with Gasteiger partial charge in [0.05, 0.1) is 5.69 Å². The van der Waals surface area contributed by atoms with Crippen LogP contribution in [-0.2, 0) is 27.9 Å². The summed E-state index contributed by atoms with van der Waals surface area (Å²) in [7, 11) is 1.74. The highest BCUT2D eigenvalue weighted by molar-refractivity contribution is 6.10. The number of likely N-dealkylation sites (N-methyl/N-ethyl adjacent to an activating group) is 1. The Hall–Kier alpha value is -2.76. The van der Waals surface area contributed by atoms with Crippen molar-refractivity contribution in [2.45, 2.75) is 57.6 Å². The highest BCUT2D eigenvalue weighted by Gasteiger charge is 2.54. The van der Waals surface area contributed by atoms with Crippen molar-refractivity contribution < 1.29 is 14.3 Å². The minimum absolute atomic E-state index is 0.196. The zero-order valence-electron chi connectivity index (χ0n) is 16.9. The van der Waals surface area contributed by atoms with Gasteiger partial charge < -0.3 is 14.6 Å². The number of anilines is 1. The zero-order valence-corrected chi connectivity index (χ0v) is 16.9. The van der Waals surface area contributed by atoms with Crippen LogP contribution in [0.1, 0.15) is 56.1 Å². The van der Waals surface area contributed by atoms with Crippen LogP contribution >= 0.6 is 0 Å². The number of H-pyrrole nitrogens is 1. The van der Waals surface area contributed by atoms with Crippen LogP contribution in [0.5, 0.6) is 0 Å². The fourth-order valence-corrected chi connectivity index (χ4v) is 4.27. The minimum Gasteiger partial charge on any atom is -0.444 e. The Morgan fingerprint density at radius 2 is 1.93 bits per heavy atom. The van der Waals surface area contributed by atoms with Crippen LogP contribution in [0, 0.1) is 0 Å². The van der Waals surface area contributed by atoms with Gasteiger partial charge in [-0.05, 0) is 64.2 Å². The van der Waals surface area contributed by atoms with E-state index in [4.69, 9.17) is 4.74 Å². The number of para-hydroxylation sites is 1. The first-order chi connectivity index (χ1) is 13.2. The fraction of sp³-hybridized carbons (Fsp3) is 0.455. The predicted octanol–water partition coefficient (Wildman–Crippen LogP) is 3.64. The molecule has 1 aliphatic heterocycles. The molecule has 28 heavy (non-hydrogen) atoms. The summed E-state index contributed by atoms with van der Waals surface area (Å²) in [6, 6.07) is 9.62. The molecule has 0 fully saturated rings. The standard InChI is InChI=1S/C22H27N3O3/c1-21(2,3)28-20(27)24-22(18-13-14-9-5-7-11-16(14)23-18)15-10-6-8-12-17(15)25(4)19(22)26/h6,8,10,12-13,23H,5,7,9,11H2,1-4H3,(H,24,27)/t22-/m1/s1. The molecular formula is C22H27N3O3. The highest BCUT2D eigenvalue weighted by Crippen LogP contribution is 2.44. The van der Waals surface area contributed by atoms with Crippen LogP contribution in [0.4, 0.5) is 10.5 Å². The molecule has 4 rings (SSSR count). The van der Waals surface area contributed by atoms with E-state index in [1.807, 2.05) is 51.1 Å². The molecule has 2 aromatic rings. The van der Waals surface area contributed by atoms with Crippen LogP contribution in [0.25, 0.3) is 0 Å². The van der Waals surface area contributed by atoms with Gasteiger partial charge in [0.2, 0.25) is 0 Å². The number of fused-ring (bicyclic) bond motifs is 2. The molecule has 6 nitrogen and oxygen atoms in total. The monoisotopic (exact) mass is 381 g/mol. The lowest BCUT2D eigenvalue weighted by molar-refractivity contribution is -0.122. The molecule has 0 saturated heterocycles. The van der Waals surface area contributed by atoms with Gasteiger partial charge in [0.1, 0.15) is 5.60 Å². The third-order valence-electron chi connectivity index (χ3n) is 5.50. The molecule has 1 aromatic carbocycles. The SMILES string of the molecule is CN1C(=O)[C@](NC(=O)OC(C)(C)C)(c2cc3c([nH]2)CCCC3)c2ccccc21. The molecule has 1 aromatic heterocycles. The number of amides is 2. The third-order valence-corrected chi connectivity index (χ3v) is 5.50. The summed E-state index contributed by atoms with van der Waals surface area (Å²) in [5.41, 5.74) is 2.66. The Morgan fingerprint density at radius 1 is 1.21 bits per heavy atom. The number of hydrogen-bond acceptors (Lipinski definition) is 3. The predicted molar refractivity (Wildman–Crippen MR) is 107 cm³/mol. The smallest absolute Gasteiger partial charge is 0.409 e. The van der Waals surface area contributed by atoms with Gasteiger partial charge >= 0.3 is 6.09 Å². The molecule has 0 bridgehead atoms.